The van der Waals surface area contributed by atoms with Gasteiger partial charge in [0.25, 0.3) is 0 Å². The molecule has 19 heavy (non-hydrogen) atoms. The molecule has 1 aromatic rings. The number of nitrogens with two attached hydrogens (primary N) is 1. The second-order valence-corrected chi connectivity index (χ2v) is 4.31. The standard InChI is InChI=1S/C15H26N2O2/c1-4-11-19-14-9-7-8-13(15(14)16)17(5-2)10-12-18-6-3/h7-9H,4-6,10-12,16H2,1-3H3. The quantitative estimate of drug-likeness (QED) is 0.551. The van der Waals surface area contributed by atoms with Crippen molar-refractivity contribution in [1.82, 2.24) is 0 Å². The van der Waals surface area contributed by atoms with Crippen molar-refractivity contribution in [3.8, 4) is 5.75 Å². The first-order chi connectivity index (χ1) is 9.24. The van der Waals surface area contributed by atoms with Crippen LogP contribution in [0.25, 0.3) is 0 Å². The molecule has 0 atom stereocenters. The van der Waals surface area contributed by atoms with Gasteiger partial charge in [-0.15, -0.1) is 0 Å². The summed E-state index contributed by atoms with van der Waals surface area (Å²) in [7, 11) is 0. The number of nitrogen functional groups attached to an aromatic ring is 1. The van der Waals surface area contributed by atoms with Crippen LogP contribution in [0.15, 0.2) is 18.2 Å². The van der Waals surface area contributed by atoms with Gasteiger partial charge in [-0.05, 0) is 32.4 Å². The highest BCUT2D eigenvalue weighted by atomic mass is 16.5. The first-order valence-corrected chi connectivity index (χ1v) is 7.08. The summed E-state index contributed by atoms with van der Waals surface area (Å²) in [6, 6.07) is 5.94. The van der Waals surface area contributed by atoms with E-state index in [0.717, 1.165) is 37.6 Å². The van der Waals surface area contributed by atoms with Gasteiger partial charge in [0.05, 0.1) is 24.6 Å². The van der Waals surface area contributed by atoms with E-state index in [-0.39, 0.29) is 0 Å². The molecule has 0 aromatic heterocycles. The van der Waals surface area contributed by atoms with Crippen LogP contribution in [0.5, 0.6) is 5.75 Å². The van der Waals surface area contributed by atoms with Crippen LogP contribution >= 0.6 is 0 Å². The van der Waals surface area contributed by atoms with Crippen molar-refractivity contribution in [1.29, 1.82) is 0 Å². The predicted molar refractivity (Wildman–Crippen MR) is 81.0 cm³/mol. The lowest BCUT2D eigenvalue weighted by atomic mass is 10.2. The summed E-state index contributed by atoms with van der Waals surface area (Å²) in [6.07, 6.45) is 0.978. The van der Waals surface area contributed by atoms with Gasteiger partial charge in [0.1, 0.15) is 5.75 Å². The lowest BCUT2D eigenvalue weighted by Crippen LogP contribution is -2.28. The largest absolute Gasteiger partial charge is 0.491 e. The predicted octanol–water partition coefficient (Wildman–Crippen LogP) is 2.92. The Hall–Kier alpha value is -1.42. The van der Waals surface area contributed by atoms with Gasteiger partial charge in [0.15, 0.2) is 0 Å². The molecule has 0 bridgehead atoms. The first-order valence-electron chi connectivity index (χ1n) is 7.08. The molecule has 0 saturated carbocycles. The van der Waals surface area contributed by atoms with Gasteiger partial charge in [-0.3, -0.25) is 0 Å². The third-order valence-electron chi connectivity index (χ3n) is 2.94. The van der Waals surface area contributed by atoms with Crippen LogP contribution in [0.4, 0.5) is 11.4 Å². The summed E-state index contributed by atoms with van der Waals surface area (Å²) in [5.41, 5.74) is 7.94. The van der Waals surface area contributed by atoms with Crippen molar-refractivity contribution in [2.24, 2.45) is 0 Å². The highest BCUT2D eigenvalue weighted by Crippen LogP contribution is 2.32. The first kappa shape index (κ1) is 15.6. The Kier molecular flexibility index (Phi) is 7.11. The van der Waals surface area contributed by atoms with Crippen LogP contribution in [0, 0.1) is 0 Å². The number of nitrogens with zero attached hydrogens (tertiary/aromatic N) is 1. The van der Waals surface area contributed by atoms with E-state index in [0.29, 0.717) is 18.9 Å². The maximum absolute atomic E-state index is 6.20. The summed E-state index contributed by atoms with van der Waals surface area (Å²) < 4.78 is 11.1. The molecule has 108 valence electrons. The van der Waals surface area contributed by atoms with Gasteiger partial charge in [-0.2, -0.15) is 0 Å². The van der Waals surface area contributed by atoms with Gasteiger partial charge in [-0.1, -0.05) is 13.0 Å². The smallest absolute Gasteiger partial charge is 0.144 e. The number of hydrogen-bond donors (Lipinski definition) is 1. The molecule has 0 amide bonds. The number of likely N-dealkylation sites (N-methyl/N-ethyl adjacent to an activating group) is 1. The Morgan fingerprint density at radius 1 is 1.16 bits per heavy atom. The van der Waals surface area contributed by atoms with Crippen LogP contribution in [-0.4, -0.2) is 32.9 Å². The normalized spacial score (nSPS) is 10.5. The molecule has 4 nitrogen and oxygen atoms in total. The van der Waals surface area contributed by atoms with E-state index in [2.05, 4.69) is 18.7 Å². The van der Waals surface area contributed by atoms with Gasteiger partial charge in [0.2, 0.25) is 0 Å². The van der Waals surface area contributed by atoms with E-state index in [1.165, 1.54) is 0 Å². The summed E-state index contributed by atoms with van der Waals surface area (Å²) >= 11 is 0. The lowest BCUT2D eigenvalue weighted by molar-refractivity contribution is 0.154. The molecule has 1 aromatic carbocycles. The van der Waals surface area contributed by atoms with Crippen molar-refractivity contribution in [3.05, 3.63) is 18.2 Å². The number of anilines is 2. The molecule has 0 aliphatic heterocycles. The van der Waals surface area contributed by atoms with Gasteiger partial charge in [0, 0.05) is 19.7 Å². The fraction of sp³-hybridized carbons (Fsp3) is 0.600. The van der Waals surface area contributed by atoms with Crippen molar-refractivity contribution < 1.29 is 9.47 Å². The molecular formula is C15H26N2O2. The van der Waals surface area contributed by atoms with Crippen LogP contribution in [0.2, 0.25) is 0 Å². The average Bonchev–Trinajstić information content (AvgIpc) is 2.43. The van der Waals surface area contributed by atoms with E-state index in [4.69, 9.17) is 15.2 Å². The van der Waals surface area contributed by atoms with Crippen LogP contribution in [-0.2, 0) is 4.74 Å². The second-order valence-electron chi connectivity index (χ2n) is 4.31. The zero-order valence-electron chi connectivity index (χ0n) is 12.3. The minimum atomic E-state index is 0.693. The number of rotatable bonds is 9. The third kappa shape index (κ3) is 4.63. The molecule has 0 saturated heterocycles. The third-order valence-corrected chi connectivity index (χ3v) is 2.94. The summed E-state index contributed by atoms with van der Waals surface area (Å²) in [4.78, 5) is 2.21. The molecule has 0 radical (unpaired) electrons. The second kappa shape index (κ2) is 8.64. The monoisotopic (exact) mass is 266 g/mol. The Labute approximate surface area is 116 Å². The van der Waals surface area contributed by atoms with Crippen molar-refractivity contribution >= 4 is 11.4 Å². The Bertz CT molecular complexity index is 369. The van der Waals surface area contributed by atoms with Gasteiger partial charge < -0.3 is 20.1 Å². The molecule has 0 unspecified atom stereocenters. The Balaban J connectivity index is 2.78. The van der Waals surface area contributed by atoms with E-state index < -0.39 is 0 Å². The van der Waals surface area contributed by atoms with Crippen molar-refractivity contribution in [2.75, 3.05) is 43.5 Å². The van der Waals surface area contributed by atoms with Crippen LogP contribution in [0.3, 0.4) is 0 Å². The van der Waals surface area contributed by atoms with Gasteiger partial charge in [-0.25, -0.2) is 0 Å². The molecular weight excluding hydrogens is 240 g/mol. The average molecular weight is 266 g/mol. The number of para-hydroxylation sites is 1. The Morgan fingerprint density at radius 3 is 2.58 bits per heavy atom. The van der Waals surface area contributed by atoms with Crippen molar-refractivity contribution in [3.63, 3.8) is 0 Å². The fourth-order valence-corrected chi connectivity index (χ4v) is 1.91. The van der Waals surface area contributed by atoms with Crippen LogP contribution in [0.1, 0.15) is 27.2 Å². The van der Waals surface area contributed by atoms with E-state index in [1.54, 1.807) is 0 Å². The minimum absolute atomic E-state index is 0.693. The molecule has 0 fully saturated rings. The molecule has 0 heterocycles. The summed E-state index contributed by atoms with van der Waals surface area (Å²) in [5.74, 6) is 0.772. The maximum atomic E-state index is 6.20. The zero-order chi connectivity index (χ0) is 14.1. The van der Waals surface area contributed by atoms with Gasteiger partial charge >= 0.3 is 0 Å². The number of benzene rings is 1. The van der Waals surface area contributed by atoms with Crippen LogP contribution < -0.4 is 15.4 Å². The molecule has 0 aliphatic carbocycles. The fourth-order valence-electron chi connectivity index (χ4n) is 1.91. The number of ether oxygens (including phenoxy) is 2. The summed E-state index contributed by atoms with van der Waals surface area (Å²) in [5, 5.41) is 0. The highest BCUT2D eigenvalue weighted by Gasteiger charge is 2.11. The maximum Gasteiger partial charge on any atom is 0.144 e. The highest BCUT2D eigenvalue weighted by molar-refractivity contribution is 5.74. The van der Waals surface area contributed by atoms with E-state index >= 15 is 0 Å². The Morgan fingerprint density at radius 2 is 1.95 bits per heavy atom. The SMILES string of the molecule is CCCOc1cccc(N(CC)CCOCC)c1N. The molecule has 1 rings (SSSR count). The summed E-state index contributed by atoms with van der Waals surface area (Å²) in [6.45, 7) is 10.1. The topological polar surface area (TPSA) is 47.7 Å². The molecule has 0 spiro atoms. The number of hydrogen-bond acceptors (Lipinski definition) is 4. The molecule has 4 heteroatoms. The van der Waals surface area contributed by atoms with E-state index in [1.807, 2.05) is 25.1 Å². The minimum Gasteiger partial charge on any atom is -0.491 e. The van der Waals surface area contributed by atoms with Crippen molar-refractivity contribution in [2.45, 2.75) is 27.2 Å². The molecule has 0 aliphatic rings. The molecule has 2 N–H and O–H groups in total. The van der Waals surface area contributed by atoms with E-state index in [9.17, 15) is 0 Å². The zero-order valence-corrected chi connectivity index (χ0v) is 12.3. The lowest BCUT2D eigenvalue weighted by Gasteiger charge is -2.25.